The molecule has 0 saturated heterocycles. The molecule has 0 spiro atoms. The number of benzene rings is 1. The van der Waals surface area contributed by atoms with Crippen molar-refractivity contribution >= 4 is 15.6 Å². The highest BCUT2D eigenvalue weighted by atomic mass is 32.2. The van der Waals surface area contributed by atoms with E-state index in [-0.39, 0.29) is 23.7 Å². The molecule has 0 saturated carbocycles. The first-order valence-electron chi connectivity index (χ1n) is 6.84. The van der Waals surface area contributed by atoms with Gasteiger partial charge in [0, 0.05) is 0 Å². The lowest BCUT2D eigenvalue weighted by Gasteiger charge is -2.08. The Kier molecular flexibility index (Phi) is 6.34. The summed E-state index contributed by atoms with van der Waals surface area (Å²) < 4.78 is 62.7. The summed E-state index contributed by atoms with van der Waals surface area (Å²) in [5.74, 6) is 0. The number of nitrogens with two attached hydrogens (primary N) is 1. The second-order valence-corrected chi connectivity index (χ2v) is 6.49. The first-order chi connectivity index (χ1) is 11.6. The third-order valence-electron chi connectivity index (χ3n) is 3.22. The fourth-order valence-electron chi connectivity index (χ4n) is 2.08. The molecule has 0 amide bonds. The first-order valence-corrected chi connectivity index (χ1v) is 8.38. The molecule has 2 N–H and O–H groups in total. The SMILES string of the molecule is C.C=C/C=C(\C=C)c1cc(C(F)(F)F)nn1-c1ccc(S(N)(=O)=O)cc1. The maximum atomic E-state index is 13.0. The average Bonchev–Trinajstić information content (AvgIpc) is 2.97. The van der Waals surface area contributed by atoms with E-state index >= 15 is 0 Å². The summed E-state index contributed by atoms with van der Waals surface area (Å²) in [5, 5.41) is 8.60. The summed E-state index contributed by atoms with van der Waals surface area (Å²) in [6, 6.07) is 5.88. The fourth-order valence-corrected chi connectivity index (χ4v) is 2.60. The van der Waals surface area contributed by atoms with E-state index in [1.54, 1.807) is 0 Å². The number of halogens is 3. The van der Waals surface area contributed by atoms with Gasteiger partial charge in [-0.1, -0.05) is 38.8 Å². The molecule has 0 aliphatic carbocycles. The maximum absolute atomic E-state index is 13.0. The molecule has 26 heavy (non-hydrogen) atoms. The standard InChI is InChI=1S/C16H14F3N3O2S.CH4/c1-3-5-11(4-2)14-10-15(16(17,18)19)21-22(14)12-6-8-13(9-7-12)25(20,23)24;/h3-10H,1-2H2,(H2,20,23,24);1H4/b11-5+;. The molecule has 0 bridgehead atoms. The normalized spacial score (nSPS) is 12.4. The molecule has 2 rings (SSSR count). The van der Waals surface area contributed by atoms with E-state index in [9.17, 15) is 21.6 Å². The minimum atomic E-state index is -4.64. The summed E-state index contributed by atoms with van der Waals surface area (Å²) in [6.45, 7) is 7.09. The zero-order valence-corrected chi connectivity index (χ0v) is 13.7. The Balaban J connectivity index is 0.00000338. The predicted molar refractivity (Wildman–Crippen MR) is 95.0 cm³/mol. The quantitative estimate of drug-likeness (QED) is 0.792. The van der Waals surface area contributed by atoms with Gasteiger partial charge in [-0.15, -0.1) is 0 Å². The van der Waals surface area contributed by atoms with E-state index < -0.39 is 21.9 Å². The van der Waals surface area contributed by atoms with Gasteiger partial charge in [0.05, 0.1) is 16.3 Å². The molecule has 5 nitrogen and oxygen atoms in total. The zero-order valence-electron chi connectivity index (χ0n) is 12.9. The van der Waals surface area contributed by atoms with Gasteiger partial charge in [-0.25, -0.2) is 18.2 Å². The molecule has 0 unspecified atom stereocenters. The van der Waals surface area contributed by atoms with Gasteiger partial charge >= 0.3 is 6.18 Å². The van der Waals surface area contributed by atoms with E-state index in [1.165, 1.54) is 42.5 Å². The number of aromatic nitrogens is 2. The maximum Gasteiger partial charge on any atom is 0.435 e. The fraction of sp³-hybridized carbons (Fsp3) is 0.118. The molecular weight excluding hydrogens is 367 g/mol. The van der Waals surface area contributed by atoms with Gasteiger partial charge < -0.3 is 0 Å². The van der Waals surface area contributed by atoms with Crippen LogP contribution in [0.25, 0.3) is 11.3 Å². The highest BCUT2D eigenvalue weighted by molar-refractivity contribution is 7.89. The van der Waals surface area contributed by atoms with E-state index in [0.717, 1.165) is 10.7 Å². The van der Waals surface area contributed by atoms with Gasteiger partial charge in [-0.3, -0.25) is 0 Å². The molecule has 0 radical (unpaired) electrons. The Labute approximate surface area is 150 Å². The van der Waals surface area contributed by atoms with Crippen molar-refractivity contribution in [1.29, 1.82) is 0 Å². The molecule has 9 heteroatoms. The van der Waals surface area contributed by atoms with Crippen molar-refractivity contribution in [3.8, 4) is 5.69 Å². The number of allylic oxidation sites excluding steroid dienone is 4. The van der Waals surface area contributed by atoms with Crippen LogP contribution >= 0.6 is 0 Å². The molecule has 2 aromatic rings. The second kappa shape index (κ2) is 7.71. The number of rotatable bonds is 5. The van der Waals surface area contributed by atoms with Gasteiger partial charge in [0.15, 0.2) is 5.69 Å². The van der Waals surface area contributed by atoms with Crippen LogP contribution in [0, 0.1) is 0 Å². The minimum absolute atomic E-state index is 0. The van der Waals surface area contributed by atoms with Crippen LogP contribution in [0.3, 0.4) is 0 Å². The number of hydrogen-bond acceptors (Lipinski definition) is 3. The summed E-state index contributed by atoms with van der Waals surface area (Å²) in [5.41, 5.74) is -0.358. The van der Waals surface area contributed by atoms with Crippen molar-refractivity contribution in [1.82, 2.24) is 9.78 Å². The van der Waals surface area contributed by atoms with Crippen LogP contribution in [0.2, 0.25) is 0 Å². The zero-order chi connectivity index (χ0) is 18.8. The molecule has 1 heterocycles. The van der Waals surface area contributed by atoms with E-state index in [1.807, 2.05) is 0 Å². The Bertz CT molecular complexity index is 941. The highest BCUT2D eigenvalue weighted by Crippen LogP contribution is 2.32. The van der Waals surface area contributed by atoms with Crippen LogP contribution in [0.1, 0.15) is 18.8 Å². The van der Waals surface area contributed by atoms with Gasteiger partial charge in [0.1, 0.15) is 0 Å². The van der Waals surface area contributed by atoms with Crippen LogP contribution in [-0.4, -0.2) is 18.2 Å². The smallest absolute Gasteiger partial charge is 0.233 e. The Morgan fingerprint density at radius 2 is 1.77 bits per heavy atom. The largest absolute Gasteiger partial charge is 0.435 e. The van der Waals surface area contributed by atoms with Crippen LogP contribution in [0.15, 0.2) is 66.6 Å². The summed E-state index contributed by atoms with van der Waals surface area (Å²) in [7, 11) is -3.91. The van der Waals surface area contributed by atoms with Crippen molar-refractivity contribution in [3.05, 3.63) is 73.1 Å². The van der Waals surface area contributed by atoms with Gasteiger partial charge in [-0.05, 0) is 35.9 Å². The lowest BCUT2D eigenvalue weighted by molar-refractivity contribution is -0.141. The Hall–Kier alpha value is -2.65. The van der Waals surface area contributed by atoms with E-state index in [0.29, 0.717) is 5.57 Å². The van der Waals surface area contributed by atoms with Crippen LogP contribution < -0.4 is 5.14 Å². The highest BCUT2D eigenvalue weighted by Gasteiger charge is 2.35. The molecular formula is C17H18F3N3O2S. The van der Waals surface area contributed by atoms with Crippen molar-refractivity contribution in [2.45, 2.75) is 18.5 Å². The van der Waals surface area contributed by atoms with E-state index in [4.69, 9.17) is 5.14 Å². The molecule has 0 aliphatic rings. The molecule has 0 fully saturated rings. The lowest BCUT2D eigenvalue weighted by atomic mass is 10.1. The molecule has 1 aromatic heterocycles. The Morgan fingerprint density at radius 1 is 1.19 bits per heavy atom. The molecule has 140 valence electrons. The van der Waals surface area contributed by atoms with Crippen molar-refractivity contribution in [2.24, 2.45) is 5.14 Å². The van der Waals surface area contributed by atoms with Crippen LogP contribution in [-0.2, 0) is 16.2 Å². The monoisotopic (exact) mass is 385 g/mol. The Morgan fingerprint density at radius 3 is 2.19 bits per heavy atom. The third kappa shape index (κ3) is 4.50. The topological polar surface area (TPSA) is 78.0 Å². The first kappa shape index (κ1) is 21.4. The van der Waals surface area contributed by atoms with Crippen molar-refractivity contribution in [3.63, 3.8) is 0 Å². The number of primary sulfonamides is 1. The van der Waals surface area contributed by atoms with Crippen molar-refractivity contribution < 1.29 is 21.6 Å². The number of hydrogen-bond donors (Lipinski definition) is 1. The molecule has 0 aliphatic heterocycles. The average molecular weight is 385 g/mol. The minimum Gasteiger partial charge on any atom is -0.233 e. The third-order valence-corrected chi connectivity index (χ3v) is 4.15. The van der Waals surface area contributed by atoms with E-state index in [2.05, 4.69) is 18.3 Å². The summed E-state index contributed by atoms with van der Waals surface area (Å²) >= 11 is 0. The van der Waals surface area contributed by atoms with Gasteiger partial charge in [0.25, 0.3) is 0 Å². The second-order valence-electron chi connectivity index (χ2n) is 4.93. The molecule has 1 aromatic carbocycles. The van der Waals surface area contributed by atoms with Crippen LogP contribution in [0.5, 0.6) is 0 Å². The number of nitrogens with zero attached hydrogens (tertiary/aromatic N) is 2. The molecule has 0 atom stereocenters. The number of sulfonamides is 1. The lowest BCUT2D eigenvalue weighted by Crippen LogP contribution is -2.12. The summed E-state index contributed by atoms with van der Waals surface area (Å²) in [4.78, 5) is -0.161. The van der Waals surface area contributed by atoms with Gasteiger partial charge in [-0.2, -0.15) is 18.3 Å². The van der Waals surface area contributed by atoms with Crippen molar-refractivity contribution in [2.75, 3.05) is 0 Å². The predicted octanol–water partition coefficient (Wildman–Crippen LogP) is 3.93. The van der Waals surface area contributed by atoms with Gasteiger partial charge in [0.2, 0.25) is 10.0 Å². The summed E-state index contributed by atoms with van der Waals surface area (Å²) in [6.07, 6.45) is -0.375. The number of alkyl halides is 3. The van der Waals surface area contributed by atoms with Crippen LogP contribution in [0.4, 0.5) is 13.2 Å².